The molecule has 1 aliphatic rings. The lowest BCUT2D eigenvalue weighted by Crippen LogP contribution is -2.50. The minimum absolute atomic E-state index is 0.0603. The third-order valence-electron chi connectivity index (χ3n) is 3.73. The Balaban J connectivity index is 2.26. The van der Waals surface area contributed by atoms with Crippen molar-refractivity contribution in [3.63, 3.8) is 0 Å². The van der Waals surface area contributed by atoms with Gasteiger partial charge < -0.3 is 14.8 Å². The molecular weight excluding hydrogens is 290 g/mol. The zero-order chi connectivity index (χ0) is 15.3. The molecule has 1 fully saturated rings. The summed E-state index contributed by atoms with van der Waals surface area (Å²) in [7, 11) is -1.91. The van der Waals surface area contributed by atoms with Crippen LogP contribution < -0.4 is 10.1 Å². The maximum absolute atomic E-state index is 12.9. The van der Waals surface area contributed by atoms with Gasteiger partial charge in [0, 0.05) is 12.6 Å². The summed E-state index contributed by atoms with van der Waals surface area (Å²) in [6.07, 6.45) is 1.69. The second-order valence-corrected chi connectivity index (χ2v) is 7.35. The van der Waals surface area contributed by atoms with Gasteiger partial charge in [0.2, 0.25) is 0 Å². The lowest BCUT2D eigenvalue weighted by Gasteiger charge is -2.32. The second kappa shape index (κ2) is 7.24. The average Bonchev–Trinajstić information content (AvgIpc) is 2.53. The Kier molecular flexibility index (Phi) is 5.61. The van der Waals surface area contributed by atoms with E-state index in [0.717, 1.165) is 13.0 Å². The van der Waals surface area contributed by atoms with Crippen molar-refractivity contribution in [3.05, 3.63) is 24.3 Å². The molecule has 1 aromatic rings. The summed E-state index contributed by atoms with van der Waals surface area (Å²) in [6, 6.07) is 6.56. The number of benzene rings is 1. The van der Waals surface area contributed by atoms with Crippen LogP contribution in [0.15, 0.2) is 29.2 Å². The monoisotopic (exact) mass is 313 g/mol. The molecule has 0 aliphatic carbocycles. The summed E-state index contributed by atoms with van der Waals surface area (Å²) < 4.78 is 36.2. The number of methoxy groups -OCH3 is 1. The fourth-order valence-corrected chi connectivity index (χ4v) is 4.37. The molecule has 2 rings (SSSR count). The predicted molar refractivity (Wildman–Crippen MR) is 81.5 cm³/mol. The van der Waals surface area contributed by atoms with E-state index in [0.29, 0.717) is 23.7 Å². The third-order valence-corrected chi connectivity index (χ3v) is 5.90. The number of hydrogen-bond acceptors (Lipinski definition) is 5. The van der Waals surface area contributed by atoms with Crippen molar-refractivity contribution in [3.8, 4) is 5.75 Å². The van der Waals surface area contributed by atoms with Gasteiger partial charge in [-0.3, -0.25) is 0 Å². The van der Waals surface area contributed by atoms with Gasteiger partial charge in [0.05, 0.1) is 18.6 Å². The summed E-state index contributed by atoms with van der Waals surface area (Å²) in [5.74, 6) is 0.547. The molecule has 21 heavy (non-hydrogen) atoms. The number of ether oxygens (including phenoxy) is 2. The number of sulfone groups is 1. The molecule has 0 amide bonds. The Labute approximate surface area is 126 Å². The van der Waals surface area contributed by atoms with Gasteiger partial charge in [-0.25, -0.2) is 8.42 Å². The van der Waals surface area contributed by atoms with Gasteiger partial charge in [-0.1, -0.05) is 13.0 Å². The minimum Gasteiger partial charge on any atom is -0.497 e. The first kappa shape index (κ1) is 16.3. The van der Waals surface area contributed by atoms with E-state index in [2.05, 4.69) is 12.2 Å². The molecule has 6 heteroatoms. The van der Waals surface area contributed by atoms with Crippen molar-refractivity contribution in [2.75, 3.05) is 26.9 Å². The Morgan fingerprint density at radius 2 is 2.24 bits per heavy atom. The van der Waals surface area contributed by atoms with Crippen molar-refractivity contribution in [2.45, 2.75) is 36.0 Å². The first-order valence-corrected chi connectivity index (χ1v) is 8.83. The highest BCUT2D eigenvalue weighted by atomic mass is 32.2. The molecule has 1 heterocycles. The van der Waals surface area contributed by atoms with Crippen LogP contribution in [-0.2, 0) is 14.6 Å². The zero-order valence-corrected chi connectivity index (χ0v) is 13.4. The summed E-state index contributed by atoms with van der Waals surface area (Å²) in [6.45, 7) is 3.72. The van der Waals surface area contributed by atoms with Crippen LogP contribution in [0, 0.1) is 0 Å². The lowest BCUT2D eigenvalue weighted by molar-refractivity contribution is 0.0808. The van der Waals surface area contributed by atoms with Crippen LogP contribution in [-0.4, -0.2) is 46.6 Å². The average molecular weight is 313 g/mol. The first-order chi connectivity index (χ1) is 10.1. The molecule has 0 saturated carbocycles. The highest BCUT2D eigenvalue weighted by molar-refractivity contribution is 7.92. The highest BCUT2D eigenvalue weighted by Gasteiger charge is 2.37. The maximum Gasteiger partial charge on any atom is 0.185 e. The van der Waals surface area contributed by atoms with E-state index in [9.17, 15) is 8.42 Å². The topological polar surface area (TPSA) is 64.6 Å². The first-order valence-electron chi connectivity index (χ1n) is 7.28. The molecule has 2 unspecified atom stereocenters. The van der Waals surface area contributed by atoms with Crippen LogP contribution in [0.4, 0.5) is 0 Å². The predicted octanol–water partition coefficient (Wildman–Crippen LogP) is 1.63. The van der Waals surface area contributed by atoms with E-state index in [1.807, 2.05) is 0 Å². The van der Waals surface area contributed by atoms with E-state index < -0.39 is 15.1 Å². The number of nitrogens with one attached hydrogen (secondary N) is 1. The molecule has 118 valence electrons. The Hall–Kier alpha value is -1.11. The van der Waals surface area contributed by atoms with Gasteiger partial charge in [0.1, 0.15) is 11.0 Å². The second-order valence-electron chi connectivity index (χ2n) is 5.19. The van der Waals surface area contributed by atoms with E-state index in [4.69, 9.17) is 9.47 Å². The molecule has 1 aliphatic heterocycles. The van der Waals surface area contributed by atoms with E-state index in [1.54, 1.807) is 24.3 Å². The summed E-state index contributed by atoms with van der Waals surface area (Å²) in [5.41, 5.74) is 0. The van der Waals surface area contributed by atoms with E-state index in [-0.39, 0.29) is 12.6 Å². The highest BCUT2D eigenvalue weighted by Crippen LogP contribution is 2.25. The minimum atomic E-state index is -3.44. The largest absolute Gasteiger partial charge is 0.497 e. The SMILES string of the molecule is CCCNC1CCOCC1S(=O)(=O)c1cccc(OC)c1. The van der Waals surface area contributed by atoms with Gasteiger partial charge in [-0.2, -0.15) is 0 Å². The molecule has 1 aromatic carbocycles. The molecule has 0 radical (unpaired) electrons. The summed E-state index contributed by atoms with van der Waals surface area (Å²) >= 11 is 0. The van der Waals surface area contributed by atoms with Gasteiger partial charge in [-0.05, 0) is 37.6 Å². The number of rotatable bonds is 6. The van der Waals surface area contributed by atoms with Gasteiger partial charge in [0.25, 0.3) is 0 Å². The smallest absolute Gasteiger partial charge is 0.185 e. The molecule has 2 atom stereocenters. The van der Waals surface area contributed by atoms with Crippen molar-refractivity contribution in [2.24, 2.45) is 0 Å². The molecular formula is C15H23NO4S. The number of hydrogen-bond donors (Lipinski definition) is 1. The van der Waals surface area contributed by atoms with Crippen LogP contribution in [0.5, 0.6) is 5.75 Å². The quantitative estimate of drug-likeness (QED) is 0.865. The lowest BCUT2D eigenvalue weighted by atomic mass is 10.1. The molecule has 0 spiro atoms. The van der Waals surface area contributed by atoms with Crippen LogP contribution in [0.25, 0.3) is 0 Å². The summed E-state index contributed by atoms with van der Waals surface area (Å²) in [4.78, 5) is 0.292. The van der Waals surface area contributed by atoms with Crippen LogP contribution in [0.2, 0.25) is 0 Å². The van der Waals surface area contributed by atoms with Gasteiger partial charge >= 0.3 is 0 Å². The van der Waals surface area contributed by atoms with Crippen LogP contribution >= 0.6 is 0 Å². The van der Waals surface area contributed by atoms with E-state index in [1.165, 1.54) is 7.11 Å². The van der Waals surface area contributed by atoms with Crippen LogP contribution in [0.1, 0.15) is 19.8 Å². The Morgan fingerprint density at radius 1 is 1.43 bits per heavy atom. The van der Waals surface area contributed by atoms with Gasteiger partial charge in [0.15, 0.2) is 9.84 Å². The fraction of sp³-hybridized carbons (Fsp3) is 0.600. The van der Waals surface area contributed by atoms with Crippen molar-refractivity contribution >= 4 is 9.84 Å². The van der Waals surface area contributed by atoms with Gasteiger partial charge in [-0.15, -0.1) is 0 Å². The molecule has 0 bridgehead atoms. The zero-order valence-electron chi connectivity index (χ0n) is 12.5. The standard InChI is InChI=1S/C15H23NO4S/c1-3-8-16-14-7-9-20-11-15(14)21(17,18)13-6-4-5-12(10-13)19-2/h4-6,10,14-16H,3,7-9,11H2,1-2H3. The Bertz CT molecular complexity index is 559. The van der Waals surface area contributed by atoms with Crippen molar-refractivity contribution < 1.29 is 17.9 Å². The maximum atomic E-state index is 12.9. The van der Waals surface area contributed by atoms with Crippen molar-refractivity contribution in [1.82, 2.24) is 5.32 Å². The Morgan fingerprint density at radius 3 is 2.95 bits per heavy atom. The molecule has 1 N–H and O–H groups in total. The summed E-state index contributed by atoms with van der Waals surface area (Å²) in [5, 5.41) is 2.78. The van der Waals surface area contributed by atoms with Crippen LogP contribution in [0.3, 0.4) is 0 Å². The fourth-order valence-electron chi connectivity index (χ4n) is 2.53. The molecule has 1 saturated heterocycles. The van der Waals surface area contributed by atoms with Crippen molar-refractivity contribution in [1.29, 1.82) is 0 Å². The molecule has 5 nitrogen and oxygen atoms in total. The third kappa shape index (κ3) is 3.75. The molecule has 0 aromatic heterocycles. The normalized spacial score (nSPS) is 23.0. The van der Waals surface area contributed by atoms with E-state index >= 15 is 0 Å².